The molecule has 4 rings (SSSR count). The molecule has 0 radical (unpaired) electrons. The van der Waals surface area contributed by atoms with Gasteiger partial charge in [-0.05, 0) is 56.9 Å². The first kappa shape index (κ1) is 26.1. The van der Waals surface area contributed by atoms with Crippen LogP contribution in [-0.2, 0) is 17.0 Å². The average molecular weight is 563 g/mol. The molecule has 0 saturated carbocycles. The number of aliphatic hydroxyl groups is 1. The van der Waals surface area contributed by atoms with Crippen molar-refractivity contribution in [3.8, 4) is 11.5 Å². The molecule has 6 nitrogen and oxygen atoms in total. The maximum Gasteiger partial charge on any atom is 0.281 e. The molecule has 0 aliphatic carbocycles. The van der Waals surface area contributed by atoms with Gasteiger partial charge in [-0.1, -0.05) is 72.8 Å². The second-order valence-electron chi connectivity index (χ2n) is 8.08. The number of amides is 1. The summed E-state index contributed by atoms with van der Waals surface area (Å²) in [5.41, 5.74) is 2.76. The van der Waals surface area contributed by atoms with Gasteiger partial charge in [0.05, 0.1) is 13.3 Å². The van der Waals surface area contributed by atoms with Gasteiger partial charge < -0.3 is 14.6 Å². The molecule has 188 valence electrons. The summed E-state index contributed by atoms with van der Waals surface area (Å²) in [5, 5.41) is 15.6. The number of carbonyl (C=O) groups is 1. The van der Waals surface area contributed by atoms with E-state index < -0.39 is 11.5 Å². The van der Waals surface area contributed by atoms with Crippen LogP contribution < -0.4 is 14.9 Å². The zero-order chi connectivity index (χ0) is 26.3. The minimum atomic E-state index is -1.94. The van der Waals surface area contributed by atoms with Crippen molar-refractivity contribution in [2.45, 2.75) is 12.2 Å². The lowest BCUT2D eigenvalue weighted by molar-refractivity contribution is -0.136. The van der Waals surface area contributed by atoms with Gasteiger partial charge in [0, 0.05) is 10.0 Å². The summed E-state index contributed by atoms with van der Waals surface area (Å²) >= 11 is 3.49. The summed E-state index contributed by atoms with van der Waals surface area (Å²) in [6, 6.07) is 26.8. The quantitative estimate of drug-likeness (QED) is 0.207. The van der Waals surface area contributed by atoms with Gasteiger partial charge in [-0.15, -0.1) is 0 Å². The monoisotopic (exact) mass is 562 g/mol. The summed E-state index contributed by atoms with van der Waals surface area (Å²) in [7, 11) is 1.51. The molecule has 37 heavy (non-hydrogen) atoms. The number of halogens is 2. The molecular weight excluding hydrogens is 539 g/mol. The van der Waals surface area contributed by atoms with E-state index in [1.165, 1.54) is 25.5 Å². The lowest BCUT2D eigenvalue weighted by Gasteiger charge is -2.27. The lowest BCUT2D eigenvalue weighted by atomic mass is 9.85. The van der Waals surface area contributed by atoms with Crippen LogP contribution in [0.1, 0.15) is 22.3 Å². The van der Waals surface area contributed by atoms with Crippen LogP contribution in [0, 0.1) is 5.82 Å². The van der Waals surface area contributed by atoms with Crippen LogP contribution in [0.5, 0.6) is 11.5 Å². The molecule has 4 aromatic rings. The number of hydrogen-bond donors (Lipinski definition) is 2. The molecule has 0 saturated heterocycles. The topological polar surface area (TPSA) is 80.2 Å². The van der Waals surface area contributed by atoms with Gasteiger partial charge in [-0.3, -0.25) is 4.79 Å². The Balaban J connectivity index is 1.52. The summed E-state index contributed by atoms with van der Waals surface area (Å²) in [6.45, 7) is 0.226. The van der Waals surface area contributed by atoms with Crippen LogP contribution in [0.15, 0.2) is 107 Å². The van der Waals surface area contributed by atoms with Gasteiger partial charge in [0.25, 0.3) is 5.91 Å². The van der Waals surface area contributed by atoms with E-state index in [9.17, 15) is 14.3 Å². The molecule has 0 unspecified atom stereocenters. The molecule has 8 heteroatoms. The van der Waals surface area contributed by atoms with Crippen molar-refractivity contribution >= 4 is 28.1 Å². The van der Waals surface area contributed by atoms with Gasteiger partial charge in [-0.2, -0.15) is 5.10 Å². The molecule has 0 heterocycles. The van der Waals surface area contributed by atoms with E-state index in [-0.39, 0.29) is 12.4 Å². The number of ether oxygens (including phenoxy) is 2. The van der Waals surface area contributed by atoms with Gasteiger partial charge in [0.15, 0.2) is 17.1 Å². The van der Waals surface area contributed by atoms with E-state index in [0.29, 0.717) is 32.7 Å². The maximum atomic E-state index is 13.2. The van der Waals surface area contributed by atoms with E-state index in [1.54, 1.807) is 72.8 Å². The fourth-order valence-electron chi connectivity index (χ4n) is 3.69. The molecule has 0 spiro atoms. The normalized spacial score (nSPS) is 11.4. The van der Waals surface area contributed by atoms with Crippen LogP contribution in [-0.4, -0.2) is 24.3 Å². The Kier molecular flexibility index (Phi) is 8.32. The summed E-state index contributed by atoms with van der Waals surface area (Å²) in [6.07, 6.45) is 1.44. The second-order valence-corrected chi connectivity index (χ2v) is 8.94. The van der Waals surface area contributed by atoms with Crippen LogP contribution in [0.3, 0.4) is 0 Å². The summed E-state index contributed by atoms with van der Waals surface area (Å²) in [4.78, 5) is 13.2. The van der Waals surface area contributed by atoms with E-state index >= 15 is 0 Å². The molecule has 2 N–H and O–H groups in total. The number of nitrogens with one attached hydrogen (secondary N) is 1. The van der Waals surface area contributed by atoms with Gasteiger partial charge in [0.1, 0.15) is 12.4 Å². The number of benzene rings is 4. The highest BCUT2D eigenvalue weighted by Gasteiger charge is 2.39. The number of methoxy groups -OCH3 is 1. The summed E-state index contributed by atoms with van der Waals surface area (Å²) < 4.78 is 25.1. The Morgan fingerprint density at radius 3 is 2.14 bits per heavy atom. The maximum absolute atomic E-state index is 13.2. The number of hydrogen-bond acceptors (Lipinski definition) is 5. The first-order chi connectivity index (χ1) is 17.9. The van der Waals surface area contributed by atoms with Crippen molar-refractivity contribution in [3.05, 3.63) is 130 Å². The average Bonchev–Trinajstić information content (AvgIpc) is 2.94. The van der Waals surface area contributed by atoms with Gasteiger partial charge in [-0.25, -0.2) is 9.82 Å². The van der Waals surface area contributed by atoms with Crippen molar-refractivity contribution in [3.63, 3.8) is 0 Å². The molecule has 0 aliphatic heterocycles. The zero-order valence-corrected chi connectivity index (χ0v) is 21.5. The molecular formula is C29H24BrFN2O4. The van der Waals surface area contributed by atoms with Crippen LogP contribution in [0.2, 0.25) is 0 Å². The highest BCUT2D eigenvalue weighted by atomic mass is 79.9. The number of rotatable bonds is 9. The Hall–Kier alpha value is -4.01. The minimum absolute atomic E-state index is 0.226. The van der Waals surface area contributed by atoms with Crippen LogP contribution in [0.25, 0.3) is 0 Å². The largest absolute Gasteiger partial charge is 0.493 e. The van der Waals surface area contributed by atoms with Crippen molar-refractivity contribution in [2.75, 3.05) is 7.11 Å². The molecule has 1 amide bonds. The summed E-state index contributed by atoms with van der Waals surface area (Å²) in [5.74, 6) is -0.0974. The lowest BCUT2D eigenvalue weighted by Crippen LogP contribution is -2.43. The molecule has 4 aromatic carbocycles. The van der Waals surface area contributed by atoms with E-state index in [2.05, 4.69) is 26.5 Å². The molecule has 0 fully saturated rings. The van der Waals surface area contributed by atoms with Crippen molar-refractivity contribution in [2.24, 2.45) is 5.10 Å². The van der Waals surface area contributed by atoms with E-state index in [4.69, 9.17) is 9.47 Å². The zero-order valence-electron chi connectivity index (χ0n) is 19.9. The van der Waals surface area contributed by atoms with Crippen LogP contribution in [0.4, 0.5) is 4.39 Å². The molecule has 0 atom stereocenters. The van der Waals surface area contributed by atoms with Crippen molar-refractivity contribution < 1.29 is 23.8 Å². The highest BCUT2D eigenvalue weighted by Crippen LogP contribution is 2.34. The predicted octanol–water partition coefficient (Wildman–Crippen LogP) is 5.56. The fraction of sp³-hybridized carbons (Fsp3) is 0.103. The van der Waals surface area contributed by atoms with Gasteiger partial charge >= 0.3 is 0 Å². The van der Waals surface area contributed by atoms with Crippen molar-refractivity contribution in [1.82, 2.24) is 5.43 Å². The van der Waals surface area contributed by atoms with Crippen LogP contribution >= 0.6 is 15.9 Å². The van der Waals surface area contributed by atoms with Gasteiger partial charge in [0.2, 0.25) is 0 Å². The van der Waals surface area contributed by atoms with E-state index in [1.807, 2.05) is 12.1 Å². The molecule has 0 aliphatic rings. The minimum Gasteiger partial charge on any atom is -0.493 e. The Morgan fingerprint density at radius 1 is 0.973 bits per heavy atom. The smallest absolute Gasteiger partial charge is 0.281 e. The fourth-order valence-corrected chi connectivity index (χ4v) is 4.12. The SMILES string of the molecule is COc1cc(C=NNC(=O)C(O)(c2ccccc2)c2ccccc2)c(Br)cc1OCc1ccc(F)cc1. The third kappa shape index (κ3) is 6.04. The first-order valence-electron chi connectivity index (χ1n) is 11.3. The first-order valence-corrected chi connectivity index (χ1v) is 12.1. The number of hydrazone groups is 1. The predicted molar refractivity (Wildman–Crippen MR) is 143 cm³/mol. The Bertz CT molecular complexity index is 1340. The second kappa shape index (κ2) is 11.8. The Morgan fingerprint density at radius 2 is 1.57 bits per heavy atom. The Labute approximate surface area is 222 Å². The number of nitrogens with zero attached hydrogens (tertiary/aromatic N) is 1. The van der Waals surface area contributed by atoms with Crippen molar-refractivity contribution in [1.29, 1.82) is 0 Å². The highest BCUT2D eigenvalue weighted by molar-refractivity contribution is 9.10. The van der Waals surface area contributed by atoms with E-state index in [0.717, 1.165) is 5.56 Å². The standard InChI is InChI=1S/C29H24BrFN2O4/c1-36-26-16-21(25(30)17-27(26)37-19-20-12-14-24(31)15-13-20)18-32-33-28(34)29(35,22-8-4-2-5-9-22)23-10-6-3-7-11-23/h2-18,35H,19H2,1H3,(H,33,34). The third-order valence-corrected chi connectivity index (χ3v) is 6.36. The molecule has 0 bridgehead atoms. The molecule has 0 aromatic heterocycles. The number of carbonyl (C=O) groups excluding carboxylic acids is 1. The third-order valence-electron chi connectivity index (χ3n) is 5.67.